The highest BCUT2D eigenvalue weighted by Gasteiger charge is 2.33. The van der Waals surface area contributed by atoms with Crippen LogP contribution >= 0.6 is 11.6 Å². The number of anilines is 1. The van der Waals surface area contributed by atoms with Gasteiger partial charge in [-0.25, -0.2) is 9.97 Å². The van der Waals surface area contributed by atoms with Crippen LogP contribution in [-0.2, 0) is 0 Å². The van der Waals surface area contributed by atoms with E-state index in [-0.39, 0.29) is 5.54 Å². The number of nitrogens with zero attached hydrogens (tertiary/aromatic N) is 2. The number of para-hydroxylation sites is 1. The highest BCUT2D eigenvalue weighted by atomic mass is 35.5. The quantitative estimate of drug-likeness (QED) is 0.858. The summed E-state index contributed by atoms with van der Waals surface area (Å²) >= 11 is 6.11. The molecule has 0 radical (unpaired) electrons. The van der Waals surface area contributed by atoms with Crippen LogP contribution in [0.15, 0.2) is 30.5 Å². The predicted octanol–water partition coefficient (Wildman–Crippen LogP) is 3.59. The van der Waals surface area contributed by atoms with Crippen molar-refractivity contribution >= 4 is 28.5 Å². The number of nitrogens with one attached hydrogen (secondary N) is 1. The number of hydrogen-bond donors (Lipinski definition) is 1. The Morgan fingerprint density at radius 1 is 1.22 bits per heavy atom. The van der Waals surface area contributed by atoms with Crippen molar-refractivity contribution in [3.63, 3.8) is 0 Å². The lowest BCUT2D eigenvalue weighted by atomic mass is 10.0. The highest BCUT2D eigenvalue weighted by Crippen LogP contribution is 2.33. The average Bonchev–Trinajstić information content (AvgIpc) is 2.88. The summed E-state index contributed by atoms with van der Waals surface area (Å²) in [5.74, 6) is 1.31. The topological polar surface area (TPSA) is 37.8 Å². The van der Waals surface area contributed by atoms with Crippen molar-refractivity contribution in [2.45, 2.75) is 31.2 Å². The predicted molar refractivity (Wildman–Crippen MR) is 75.1 cm³/mol. The maximum absolute atomic E-state index is 6.11. The Morgan fingerprint density at radius 2 is 2.00 bits per heavy atom. The van der Waals surface area contributed by atoms with Crippen molar-refractivity contribution in [2.75, 3.05) is 11.2 Å². The largest absolute Gasteiger partial charge is 0.348 e. The van der Waals surface area contributed by atoms with Crippen LogP contribution in [0, 0.1) is 0 Å². The second-order valence-electron chi connectivity index (χ2n) is 5.00. The first-order chi connectivity index (χ1) is 8.81. The van der Waals surface area contributed by atoms with Crippen LogP contribution in [0.5, 0.6) is 0 Å². The van der Waals surface area contributed by atoms with Gasteiger partial charge in [-0.15, -0.1) is 11.6 Å². The molecule has 1 aromatic carbocycles. The maximum Gasteiger partial charge on any atom is 0.223 e. The Labute approximate surface area is 112 Å². The number of alkyl halides is 1. The minimum Gasteiger partial charge on any atom is -0.348 e. The molecule has 0 spiro atoms. The summed E-state index contributed by atoms with van der Waals surface area (Å²) in [6.07, 6.45) is 6.53. The van der Waals surface area contributed by atoms with Gasteiger partial charge in [-0.3, -0.25) is 0 Å². The Bertz CT molecular complexity index is 549. The Morgan fingerprint density at radius 3 is 2.78 bits per heavy atom. The molecule has 1 aliphatic carbocycles. The molecule has 1 N–H and O–H groups in total. The van der Waals surface area contributed by atoms with Crippen LogP contribution in [0.2, 0.25) is 0 Å². The molecule has 1 aliphatic rings. The monoisotopic (exact) mass is 261 g/mol. The van der Waals surface area contributed by atoms with Crippen molar-refractivity contribution in [3.05, 3.63) is 30.5 Å². The maximum atomic E-state index is 6.11. The van der Waals surface area contributed by atoms with Crippen LogP contribution in [-0.4, -0.2) is 21.4 Å². The van der Waals surface area contributed by atoms with Crippen molar-refractivity contribution in [2.24, 2.45) is 0 Å². The molecular formula is C14H16ClN3. The van der Waals surface area contributed by atoms with Crippen LogP contribution in [0.4, 0.5) is 5.95 Å². The lowest BCUT2D eigenvalue weighted by Gasteiger charge is -2.27. The molecular weight excluding hydrogens is 246 g/mol. The van der Waals surface area contributed by atoms with E-state index in [0.717, 1.165) is 23.7 Å². The van der Waals surface area contributed by atoms with Gasteiger partial charge in [-0.2, -0.15) is 0 Å². The molecule has 1 saturated carbocycles. The molecule has 0 aliphatic heterocycles. The van der Waals surface area contributed by atoms with Gasteiger partial charge in [0.2, 0.25) is 5.95 Å². The minimum absolute atomic E-state index is 0.00991. The van der Waals surface area contributed by atoms with Gasteiger partial charge >= 0.3 is 0 Å². The molecule has 1 fully saturated rings. The molecule has 18 heavy (non-hydrogen) atoms. The second kappa shape index (κ2) is 4.73. The van der Waals surface area contributed by atoms with E-state index in [1.165, 1.54) is 12.8 Å². The molecule has 2 aromatic rings. The second-order valence-corrected chi connectivity index (χ2v) is 5.27. The number of fused-ring (bicyclic) bond motifs is 1. The van der Waals surface area contributed by atoms with E-state index in [0.29, 0.717) is 11.8 Å². The number of halogens is 1. The molecule has 1 heterocycles. The van der Waals surface area contributed by atoms with Crippen molar-refractivity contribution in [1.29, 1.82) is 0 Å². The molecule has 3 nitrogen and oxygen atoms in total. The molecule has 0 bridgehead atoms. The van der Waals surface area contributed by atoms with Crippen molar-refractivity contribution in [1.82, 2.24) is 9.97 Å². The summed E-state index contributed by atoms with van der Waals surface area (Å²) in [6.45, 7) is 0. The zero-order valence-corrected chi connectivity index (χ0v) is 11.0. The first-order valence-corrected chi connectivity index (χ1v) is 6.91. The standard InChI is InChI=1S/C14H16ClN3/c15-10-14(7-3-4-8-14)18-13-16-9-11-5-1-2-6-12(11)17-13/h1-2,5-6,9H,3-4,7-8,10H2,(H,16,17,18). The lowest BCUT2D eigenvalue weighted by Crippen LogP contribution is -2.37. The fourth-order valence-corrected chi connectivity index (χ4v) is 2.95. The number of benzene rings is 1. The fraction of sp³-hybridized carbons (Fsp3) is 0.429. The highest BCUT2D eigenvalue weighted by molar-refractivity contribution is 6.18. The summed E-state index contributed by atoms with van der Waals surface area (Å²) < 4.78 is 0. The van der Waals surface area contributed by atoms with Gasteiger partial charge < -0.3 is 5.32 Å². The van der Waals surface area contributed by atoms with Crippen LogP contribution in [0.3, 0.4) is 0 Å². The third-order valence-electron chi connectivity index (χ3n) is 3.68. The van der Waals surface area contributed by atoms with Gasteiger partial charge in [0.05, 0.1) is 11.1 Å². The van der Waals surface area contributed by atoms with E-state index in [4.69, 9.17) is 11.6 Å². The van der Waals surface area contributed by atoms with Gasteiger partial charge in [0.1, 0.15) is 0 Å². The fourth-order valence-electron chi connectivity index (χ4n) is 2.61. The third kappa shape index (κ3) is 2.15. The lowest BCUT2D eigenvalue weighted by molar-refractivity contribution is 0.535. The average molecular weight is 262 g/mol. The van der Waals surface area contributed by atoms with Crippen LogP contribution < -0.4 is 5.32 Å². The van der Waals surface area contributed by atoms with Gasteiger partial charge in [-0.1, -0.05) is 31.0 Å². The normalized spacial score (nSPS) is 18.1. The molecule has 0 unspecified atom stereocenters. The number of aromatic nitrogens is 2. The number of rotatable bonds is 3. The molecule has 0 atom stereocenters. The third-order valence-corrected chi connectivity index (χ3v) is 4.19. The summed E-state index contributed by atoms with van der Waals surface area (Å²) in [5, 5.41) is 4.51. The minimum atomic E-state index is -0.00991. The van der Waals surface area contributed by atoms with Crippen LogP contribution in [0.25, 0.3) is 10.9 Å². The summed E-state index contributed by atoms with van der Waals surface area (Å²) in [6, 6.07) is 8.01. The molecule has 0 saturated heterocycles. The van der Waals surface area contributed by atoms with Crippen molar-refractivity contribution in [3.8, 4) is 0 Å². The summed E-state index contributed by atoms with van der Waals surface area (Å²) in [7, 11) is 0. The van der Waals surface area contributed by atoms with E-state index in [1.54, 1.807) is 0 Å². The van der Waals surface area contributed by atoms with E-state index in [2.05, 4.69) is 15.3 Å². The first-order valence-electron chi connectivity index (χ1n) is 6.37. The van der Waals surface area contributed by atoms with Crippen LogP contribution in [0.1, 0.15) is 25.7 Å². The zero-order valence-electron chi connectivity index (χ0n) is 10.2. The van der Waals surface area contributed by atoms with E-state index in [1.807, 2.05) is 30.5 Å². The molecule has 0 amide bonds. The Hall–Kier alpha value is -1.35. The number of hydrogen-bond acceptors (Lipinski definition) is 3. The molecule has 4 heteroatoms. The van der Waals surface area contributed by atoms with Crippen molar-refractivity contribution < 1.29 is 0 Å². The summed E-state index contributed by atoms with van der Waals surface area (Å²) in [5.41, 5.74) is 0.960. The van der Waals surface area contributed by atoms with Gasteiger partial charge in [-0.05, 0) is 18.9 Å². The van der Waals surface area contributed by atoms with Gasteiger partial charge in [0.15, 0.2) is 0 Å². The summed E-state index contributed by atoms with van der Waals surface area (Å²) in [4.78, 5) is 8.93. The molecule has 3 rings (SSSR count). The van der Waals surface area contributed by atoms with Gasteiger partial charge in [0.25, 0.3) is 0 Å². The van der Waals surface area contributed by atoms with E-state index in [9.17, 15) is 0 Å². The van der Waals surface area contributed by atoms with E-state index < -0.39 is 0 Å². The van der Waals surface area contributed by atoms with Gasteiger partial charge in [0, 0.05) is 17.5 Å². The smallest absolute Gasteiger partial charge is 0.223 e. The first kappa shape index (κ1) is 11.7. The SMILES string of the molecule is ClCC1(Nc2ncc3ccccc3n2)CCCC1. The Kier molecular flexibility index (Phi) is 3.08. The Balaban J connectivity index is 1.90. The molecule has 1 aromatic heterocycles. The van der Waals surface area contributed by atoms with E-state index >= 15 is 0 Å². The zero-order chi connectivity index (χ0) is 12.4. The molecule has 94 valence electrons.